The lowest BCUT2D eigenvalue weighted by molar-refractivity contribution is -0.896. The molecule has 0 fully saturated rings. The van der Waals surface area contributed by atoms with Crippen molar-refractivity contribution in [2.24, 2.45) is 0 Å². The molecule has 25 heavy (non-hydrogen) atoms. The summed E-state index contributed by atoms with van der Waals surface area (Å²) in [6.45, 7) is 9.04. The van der Waals surface area contributed by atoms with E-state index in [4.69, 9.17) is 0 Å². The number of nitrogens with zero attached hydrogens (tertiary/aromatic N) is 1. The van der Waals surface area contributed by atoms with Gasteiger partial charge in [-0.3, -0.25) is 0 Å². The largest absolute Gasteiger partial charge is 0.744 e. The molecule has 0 heterocycles. The lowest BCUT2D eigenvalue weighted by Gasteiger charge is -2.32. The number of hydrogen-bond acceptors (Lipinski definition) is 3. The number of aryl methyl sites for hydroxylation is 1. The van der Waals surface area contributed by atoms with Gasteiger partial charge in [0, 0.05) is 0 Å². The van der Waals surface area contributed by atoms with Crippen LogP contribution in [0.25, 0.3) is 0 Å². The number of quaternary nitrogens is 1. The van der Waals surface area contributed by atoms with E-state index in [1.807, 2.05) is 6.92 Å². The van der Waals surface area contributed by atoms with E-state index in [1.165, 1.54) is 68.2 Å². The van der Waals surface area contributed by atoms with Crippen LogP contribution >= 0.6 is 15.9 Å². The Balaban J connectivity index is 0.000000472. The Morgan fingerprint density at radius 3 is 1.72 bits per heavy atom. The Bertz CT molecular complexity index is 549. The molecule has 0 atom stereocenters. The van der Waals surface area contributed by atoms with E-state index in [9.17, 15) is 13.0 Å². The predicted molar refractivity (Wildman–Crippen MR) is 108 cm³/mol. The third kappa shape index (κ3) is 11.7. The number of benzene rings is 1. The van der Waals surface area contributed by atoms with Crippen LogP contribution in [-0.4, -0.2) is 43.0 Å². The van der Waals surface area contributed by atoms with Crippen molar-refractivity contribution in [2.75, 3.05) is 25.6 Å². The van der Waals surface area contributed by atoms with Crippen LogP contribution in [-0.2, 0) is 10.1 Å². The first-order chi connectivity index (χ1) is 11.7. The van der Waals surface area contributed by atoms with Gasteiger partial charge in [0.1, 0.15) is 15.6 Å². The lowest BCUT2D eigenvalue weighted by atomic mass is 10.2. The first-order valence-electron chi connectivity index (χ1n) is 9.10. The molecule has 6 heteroatoms. The summed E-state index contributed by atoms with van der Waals surface area (Å²) in [7, 11) is -1.89. The molecular weight excluding hydrogens is 402 g/mol. The molecule has 4 nitrogen and oxygen atoms in total. The smallest absolute Gasteiger partial charge is 0.134 e. The Kier molecular flexibility index (Phi) is 12.6. The van der Waals surface area contributed by atoms with Gasteiger partial charge in [0.15, 0.2) is 0 Å². The molecule has 0 unspecified atom stereocenters. The van der Waals surface area contributed by atoms with E-state index in [2.05, 4.69) is 36.8 Å². The van der Waals surface area contributed by atoms with E-state index >= 15 is 0 Å². The monoisotopic (exact) mass is 435 g/mol. The number of unbranched alkanes of at least 4 members (excludes halogenated alkanes) is 4. The van der Waals surface area contributed by atoms with Crippen molar-refractivity contribution in [3.05, 3.63) is 29.8 Å². The lowest BCUT2D eigenvalue weighted by Crippen LogP contribution is -2.44. The second-order valence-corrected chi connectivity index (χ2v) is 8.75. The van der Waals surface area contributed by atoms with Crippen LogP contribution in [0.5, 0.6) is 0 Å². The fraction of sp³-hybridized carbons (Fsp3) is 0.684. The molecule has 1 aromatic rings. The van der Waals surface area contributed by atoms with Crippen LogP contribution in [0, 0.1) is 6.92 Å². The number of alkyl halides is 1. The summed E-state index contributed by atoms with van der Waals surface area (Å²) in [6, 6.07) is 5.78. The second-order valence-electron chi connectivity index (χ2n) is 6.87. The summed E-state index contributed by atoms with van der Waals surface area (Å²) in [6.07, 6.45) is 8.19. The van der Waals surface area contributed by atoms with Crippen molar-refractivity contribution in [2.45, 2.75) is 64.2 Å². The summed E-state index contributed by atoms with van der Waals surface area (Å²) >= 11 is 3.65. The number of hydrogen-bond donors (Lipinski definition) is 0. The zero-order chi connectivity index (χ0) is 19.3. The minimum absolute atomic E-state index is 0.178. The summed E-state index contributed by atoms with van der Waals surface area (Å²) in [5.74, 6) is 0. The molecule has 0 saturated carbocycles. The zero-order valence-corrected chi connectivity index (χ0v) is 18.5. The maximum Gasteiger partial charge on any atom is 0.134 e. The molecule has 0 aliphatic rings. The van der Waals surface area contributed by atoms with Gasteiger partial charge in [-0.05, 0) is 60.7 Å². The van der Waals surface area contributed by atoms with Crippen molar-refractivity contribution in [3.8, 4) is 0 Å². The Labute approximate surface area is 163 Å². The van der Waals surface area contributed by atoms with E-state index in [1.54, 1.807) is 12.1 Å². The van der Waals surface area contributed by atoms with Crippen molar-refractivity contribution in [1.82, 2.24) is 0 Å². The molecule has 0 spiro atoms. The van der Waals surface area contributed by atoms with E-state index in [0.717, 1.165) is 11.0 Å². The summed E-state index contributed by atoms with van der Waals surface area (Å²) < 4.78 is 32.4. The fourth-order valence-corrected chi connectivity index (χ4v) is 3.39. The van der Waals surface area contributed by atoms with Gasteiger partial charge in [-0.2, -0.15) is 0 Å². The minimum atomic E-state index is -4.27. The van der Waals surface area contributed by atoms with E-state index < -0.39 is 10.1 Å². The molecule has 0 amide bonds. The highest BCUT2D eigenvalue weighted by atomic mass is 79.9. The van der Waals surface area contributed by atoms with Crippen LogP contribution in [0.1, 0.15) is 57.9 Å². The maximum atomic E-state index is 10.4. The van der Waals surface area contributed by atoms with E-state index in [0.29, 0.717) is 0 Å². The average Bonchev–Trinajstić information content (AvgIpc) is 2.55. The average molecular weight is 436 g/mol. The molecule has 1 rings (SSSR count). The molecule has 0 aromatic heterocycles. The molecule has 0 aliphatic heterocycles. The van der Waals surface area contributed by atoms with Crippen molar-refractivity contribution >= 4 is 26.0 Å². The topological polar surface area (TPSA) is 57.2 Å². The van der Waals surface area contributed by atoms with Crippen LogP contribution in [0.3, 0.4) is 0 Å². The Morgan fingerprint density at radius 2 is 1.40 bits per heavy atom. The van der Waals surface area contributed by atoms with Crippen LogP contribution in [0.2, 0.25) is 0 Å². The molecular formula is C19H34BrNO3S. The quantitative estimate of drug-likeness (QED) is 0.169. The van der Waals surface area contributed by atoms with Gasteiger partial charge in [-0.1, -0.05) is 44.4 Å². The van der Waals surface area contributed by atoms with Gasteiger partial charge < -0.3 is 9.04 Å². The molecule has 0 saturated heterocycles. The first-order valence-corrected chi connectivity index (χ1v) is 11.6. The molecule has 0 aliphatic carbocycles. The summed E-state index contributed by atoms with van der Waals surface area (Å²) in [5.41, 5.74) is 2.04. The standard InChI is InChI=1S/C12H27BrN.C7H8O3S/c1-4-6-8-10-14(3,12-13)11-9-7-5-2;1-6-2-4-7(5-3-6)11(8,9)10/h4-12H2,1-3H3;2-5H,1H3,(H,8,9,10)/q+1;/p-1. The van der Waals surface area contributed by atoms with Gasteiger partial charge in [-0.15, -0.1) is 0 Å². The maximum absolute atomic E-state index is 10.4. The Hall–Kier alpha value is -0.430. The number of halogens is 1. The predicted octanol–water partition coefficient (Wildman–Crippen LogP) is 5.06. The molecule has 0 radical (unpaired) electrons. The molecule has 146 valence electrons. The normalized spacial score (nSPS) is 11.8. The molecule has 0 N–H and O–H groups in total. The third-order valence-corrected chi connectivity index (χ3v) is 6.26. The van der Waals surface area contributed by atoms with E-state index in [-0.39, 0.29) is 4.90 Å². The van der Waals surface area contributed by atoms with Gasteiger partial charge in [0.25, 0.3) is 0 Å². The summed E-state index contributed by atoms with van der Waals surface area (Å²) in [4.78, 5) is -0.178. The van der Waals surface area contributed by atoms with Gasteiger partial charge in [0.05, 0.1) is 25.0 Å². The minimum Gasteiger partial charge on any atom is -0.744 e. The highest BCUT2D eigenvalue weighted by molar-refractivity contribution is 9.09. The van der Waals surface area contributed by atoms with Crippen LogP contribution in [0.15, 0.2) is 29.2 Å². The molecule has 0 bridgehead atoms. The van der Waals surface area contributed by atoms with Crippen molar-refractivity contribution < 1.29 is 17.5 Å². The van der Waals surface area contributed by atoms with Crippen LogP contribution in [0.4, 0.5) is 0 Å². The van der Waals surface area contributed by atoms with Gasteiger partial charge in [-0.25, -0.2) is 8.42 Å². The van der Waals surface area contributed by atoms with Crippen molar-refractivity contribution in [3.63, 3.8) is 0 Å². The second kappa shape index (κ2) is 12.8. The highest BCUT2D eigenvalue weighted by Crippen LogP contribution is 2.12. The van der Waals surface area contributed by atoms with Gasteiger partial charge in [0.2, 0.25) is 0 Å². The SMILES string of the molecule is CCCCC[N+](C)(CBr)CCCCC.Cc1ccc(S(=O)(=O)[O-])cc1. The summed E-state index contributed by atoms with van der Waals surface area (Å²) in [5, 5.41) is 0. The first kappa shape index (κ1) is 24.6. The Morgan fingerprint density at radius 1 is 0.960 bits per heavy atom. The zero-order valence-electron chi connectivity index (χ0n) is 16.1. The number of rotatable bonds is 10. The molecule has 1 aromatic carbocycles. The van der Waals surface area contributed by atoms with Gasteiger partial charge >= 0.3 is 0 Å². The third-order valence-electron chi connectivity index (χ3n) is 4.20. The fourth-order valence-electron chi connectivity index (χ4n) is 2.42. The highest BCUT2D eigenvalue weighted by Gasteiger charge is 2.18. The van der Waals surface area contributed by atoms with Crippen LogP contribution < -0.4 is 0 Å². The van der Waals surface area contributed by atoms with Crippen molar-refractivity contribution in [1.29, 1.82) is 0 Å².